The van der Waals surface area contributed by atoms with Gasteiger partial charge in [-0.2, -0.15) is 8.78 Å². The van der Waals surface area contributed by atoms with Gasteiger partial charge in [-0.15, -0.1) is 0 Å². The summed E-state index contributed by atoms with van der Waals surface area (Å²) in [6.45, 7) is 1.49. The van der Waals surface area contributed by atoms with Crippen LogP contribution in [0.1, 0.15) is 27.0 Å². The molecule has 150 valence electrons. The van der Waals surface area contributed by atoms with E-state index < -0.39 is 6.61 Å². The number of nitrogens with zero attached hydrogens (tertiary/aromatic N) is 1. The molecule has 1 aromatic heterocycles. The van der Waals surface area contributed by atoms with Gasteiger partial charge in [-0.25, -0.2) is 4.98 Å². The first-order valence-electron chi connectivity index (χ1n) is 8.94. The van der Waals surface area contributed by atoms with Crippen LogP contribution in [-0.2, 0) is 6.54 Å². The third-order valence-corrected chi connectivity index (χ3v) is 5.32. The van der Waals surface area contributed by atoms with Crippen LogP contribution in [-0.4, -0.2) is 17.5 Å². The third-order valence-electron chi connectivity index (χ3n) is 4.31. The molecule has 0 aliphatic heterocycles. The van der Waals surface area contributed by atoms with Crippen molar-refractivity contribution in [2.75, 3.05) is 0 Å². The predicted molar refractivity (Wildman–Crippen MR) is 109 cm³/mol. The molecule has 0 aliphatic carbocycles. The maximum Gasteiger partial charge on any atom is 0.387 e. The first-order chi connectivity index (χ1) is 13.9. The molecule has 3 rings (SSSR count). The smallest absolute Gasteiger partial charge is 0.387 e. The van der Waals surface area contributed by atoms with E-state index in [9.17, 15) is 13.6 Å². The number of carbonyl (C=O) groups excluding carboxylic acids is 1. The van der Waals surface area contributed by atoms with Gasteiger partial charge in [-0.1, -0.05) is 30.0 Å². The molecule has 0 saturated heterocycles. The number of pyridine rings is 1. The van der Waals surface area contributed by atoms with Crippen molar-refractivity contribution >= 4 is 17.7 Å². The van der Waals surface area contributed by atoms with E-state index >= 15 is 0 Å². The Bertz CT molecular complexity index is 994. The number of aromatic nitrogens is 1. The molecule has 7 heteroatoms. The number of hydrogen-bond donors (Lipinski definition) is 1. The van der Waals surface area contributed by atoms with Gasteiger partial charge in [0.05, 0.1) is 5.56 Å². The van der Waals surface area contributed by atoms with E-state index in [2.05, 4.69) is 28.0 Å². The fourth-order valence-corrected chi connectivity index (χ4v) is 3.58. The number of halogens is 2. The van der Waals surface area contributed by atoms with Gasteiger partial charge < -0.3 is 10.1 Å². The van der Waals surface area contributed by atoms with E-state index in [4.69, 9.17) is 0 Å². The fourth-order valence-electron chi connectivity index (χ4n) is 2.60. The fraction of sp³-hybridized carbons (Fsp3) is 0.182. The molecule has 4 nitrogen and oxygen atoms in total. The molecular formula is C22H20F2N2O2S. The minimum Gasteiger partial charge on any atom is -0.435 e. The molecule has 1 N–H and O–H groups in total. The van der Waals surface area contributed by atoms with Crippen molar-refractivity contribution in [1.29, 1.82) is 0 Å². The third kappa shape index (κ3) is 5.77. The Morgan fingerprint density at radius 2 is 1.86 bits per heavy atom. The first kappa shape index (κ1) is 20.8. The zero-order valence-electron chi connectivity index (χ0n) is 16.0. The average Bonchev–Trinajstić information content (AvgIpc) is 2.70. The second-order valence-corrected chi connectivity index (χ2v) is 7.47. The van der Waals surface area contributed by atoms with Gasteiger partial charge in [0.2, 0.25) is 0 Å². The molecule has 2 aromatic carbocycles. The van der Waals surface area contributed by atoms with Crippen molar-refractivity contribution in [3.8, 4) is 5.75 Å². The number of nitrogens with one attached hydrogen (secondary N) is 1. The van der Waals surface area contributed by atoms with Gasteiger partial charge in [-0.3, -0.25) is 4.79 Å². The Balaban J connectivity index is 1.67. The lowest BCUT2D eigenvalue weighted by molar-refractivity contribution is -0.0498. The monoisotopic (exact) mass is 414 g/mol. The number of amides is 1. The molecule has 0 saturated carbocycles. The molecule has 0 fully saturated rings. The van der Waals surface area contributed by atoms with Crippen LogP contribution in [0.2, 0.25) is 0 Å². The lowest BCUT2D eigenvalue weighted by atomic mass is 10.1. The Morgan fingerprint density at radius 1 is 1.10 bits per heavy atom. The lowest BCUT2D eigenvalue weighted by Gasteiger charge is -2.10. The van der Waals surface area contributed by atoms with Crippen LogP contribution in [0.4, 0.5) is 8.78 Å². The van der Waals surface area contributed by atoms with E-state index in [1.165, 1.54) is 35.0 Å². The summed E-state index contributed by atoms with van der Waals surface area (Å²) in [6.07, 6.45) is 1.65. The summed E-state index contributed by atoms with van der Waals surface area (Å²) < 4.78 is 28.7. The number of ether oxygens (including phenoxy) is 1. The van der Waals surface area contributed by atoms with E-state index in [1.807, 2.05) is 19.1 Å². The molecule has 0 atom stereocenters. The molecule has 0 aliphatic rings. The topological polar surface area (TPSA) is 51.2 Å². The summed E-state index contributed by atoms with van der Waals surface area (Å²) in [4.78, 5) is 18.0. The van der Waals surface area contributed by atoms with Crippen molar-refractivity contribution in [2.24, 2.45) is 0 Å². The quantitative estimate of drug-likeness (QED) is 0.564. The van der Waals surface area contributed by atoms with E-state index in [0.717, 1.165) is 10.5 Å². The highest BCUT2D eigenvalue weighted by Crippen LogP contribution is 2.30. The summed E-state index contributed by atoms with van der Waals surface area (Å²) in [5.41, 5.74) is 3.63. The highest BCUT2D eigenvalue weighted by molar-refractivity contribution is 7.99. The van der Waals surface area contributed by atoms with Crippen LogP contribution >= 0.6 is 11.8 Å². The van der Waals surface area contributed by atoms with E-state index in [1.54, 1.807) is 30.5 Å². The van der Waals surface area contributed by atoms with E-state index in [0.29, 0.717) is 10.6 Å². The highest BCUT2D eigenvalue weighted by Gasteiger charge is 2.14. The zero-order chi connectivity index (χ0) is 20.8. The van der Waals surface area contributed by atoms with E-state index in [-0.39, 0.29) is 18.2 Å². The van der Waals surface area contributed by atoms with Gasteiger partial charge in [0.25, 0.3) is 5.91 Å². The maximum atomic E-state index is 12.7. The second kappa shape index (κ2) is 9.52. The Kier molecular flexibility index (Phi) is 6.82. The summed E-state index contributed by atoms with van der Waals surface area (Å²) in [7, 11) is 0. The Morgan fingerprint density at radius 3 is 2.55 bits per heavy atom. The Hall–Kier alpha value is -2.93. The summed E-state index contributed by atoms with van der Waals surface area (Å²) in [5.74, 6) is -0.174. The molecule has 1 amide bonds. The van der Waals surface area contributed by atoms with Gasteiger partial charge in [-0.05, 0) is 66.9 Å². The van der Waals surface area contributed by atoms with Crippen LogP contribution in [0, 0.1) is 13.8 Å². The van der Waals surface area contributed by atoms with Crippen molar-refractivity contribution in [1.82, 2.24) is 10.3 Å². The molecule has 0 bridgehead atoms. The first-order valence-corrected chi connectivity index (χ1v) is 9.76. The Labute approximate surface area is 172 Å². The number of carbonyl (C=O) groups is 1. The van der Waals surface area contributed by atoms with Gasteiger partial charge >= 0.3 is 6.61 Å². The summed E-state index contributed by atoms with van der Waals surface area (Å²) in [5, 5.41) is 3.46. The van der Waals surface area contributed by atoms with Crippen molar-refractivity contribution in [3.63, 3.8) is 0 Å². The average molecular weight is 414 g/mol. The standard InChI is InChI=1S/C22H20F2N2O2S/c1-14-5-10-18(12-15(14)2)29-21-19(4-3-11-25-21)20(27)26-13-16-6-8-17(9-7-16)28-22(23)24/h3-12,22H,13H2,1-2H3,(H,26,27). The molecule has 0 radical (unpaired) electrons. The summed E-state index contributed by atoms with van der Waals surface area (Å²) in [6, 6.07) is 15.7. The lowest BCUT2D eigenvalue weighted by Crippen LogP contribution is -2.23. The van der Waals surface area contributed by atoms with Crippen molar-refractivity contribution < 1.29 is 18.3 Å². The molecule has 0 unspecified atom stereocenters. The van der Waals surface area contributed by atoms with Crippen LogP contribution in [0.5, 0.6) is 5.75 Å². The van der Waals surface area contributed by atoms with Crippen LogP contribution in [0.15, 0.2) is 70.7 Å². The molecule has 3 aromatic rings. The number of aryl methyl sites for hydroxylation is 2. The summed E-state index contributed by atoms with van der Waals surface area (Å²) >= 11 is 1.44. The molecule has 1 heterocycles. The van der Waals surface area contributed by atoms with Crippen LogP contribution in [0.3, 0.4) is 0 Å². The molecular weight excluding hydrogens is 394 g/mol. The number of hydrogen-bond acceptors (Lipinski definition) is 4. The largest absolute Gasteiger partial charge is 0.435 e. The number of rotatable bonds is 7. The highest BCUT2D eigenvalue weighted by atomic mass is 32.2. The zero-order valence-corrected chi connectivity index (χ0v) is 16.8. The predicted octanol–water partition coefficient (Wildman–Crippen LogP) is 5.38. The molecule has 29 heavy (non-hydrogen) atoms. The maximum absolute atomic E-state index is 12.7. The van der Waals surface area contributed by atoms with Crippen molar-refractivity contribution in [3.05, 3.63) is 83.0 Å². The number of benzene rings is 2. The number of alkyl halides is 2. The van der Waals surface area contributed by atoms with Gasteiger partial charge in [0, 0.05) is 17.6 Å². The minimum absolute atomic E-state index is 0.0782. The van der Waals surface area contributed by atoms with Crippen LogP contribution < -0.4 is 10.1 Å². The molecule has 0 spiro atoms. The minimum atomic E-state index is -2.86. The SMILES string of the molecule is Cc1ccc(Sc2ncccc2C(=O)NCc2ccc(OC(F)F)cc2)cc1C. The normalized spacial score (nSPS) is 10.8. The van der Waals surface area contributed by atoms with Crippen molar-refractivity contribution in [2.45, 2.75) is 36.9 Å². The van der Waals surface area contributed by atoms with Gasteiger partial charge in [0.1, 0.15) is 10.8 Å². The second-order valence-electron chi connectivity index (χ2n) is 6.41. The van der Waals surface area contributed by atoms with Crippen LogP contribution in [0.25, 0.3) is 0 Å². The van der Waals surface area contributed by atoms with Gasteiger partial charge in [0.15, 0.2) is 0 Å².